The molecule has 6 nitrogen and oxygen atoms in total. The van der Waals surface area contributed by atoms with Crippen molar-refractivity contribution in [3.05, 3.63) is 5.01 Å². The smallest absolute Gasteiger partial charge is 0.249 e. The van der Waals surface area contributed by atoms with Gasteiger partial charge in [0.1, 0.15) is 11.0 Å². The fourth-order valence-electron chi connectivity index (χ4n) is 2.98. The molecule has 2 saturated heterocycles. The largest absolute Gasteiger partial charge is 0.315 e. The Kier molecular flexibility index (Phi) is 3.01. The standard InChI is InChI=1S/C13H16N4O2S2/c1-13-5-4-9(18)17(13)8(6-20-13)10(19)14-12-16-15-11(21-12)7-2-3-7/h7-8H,2-6H2,1H3,(H,14,16,19)/t8-,13+/m0/s1. The predicted molar refractivity (Wildman–Crippen MR) is 81.2 cm³/mol. The molecule has 1 aromatic rings. The van der Waals surface area contributed by atoms with Crippen molar-refractivity contribution in [2.24, 2.45) is 0 Å². The summed E-state index contributed by atoms with van der Waals surface area (Å²) in [6, 6.07) is -0.386. The highest BCUT2D eigenvalue weighted by molar-refractivity contribution is 8.01. The fourth-order valence-corrected chi connectivity index (χ4v) is 5.33. The second-order valence-electron chi connectivity index (χ2n) is 5.97. The van der Waals surface area contributed by atoms with Gasteiger partial charge in [0.15, 0.2) is 0 Å². The first-order valence-corrected chi connectivity index (χ1v) is 8.97. The molecule has 4 rings (SSSR count). The van der Waals surface area contributed by atoms with E-state index < -0.39 is 0 Å². The number of carbonyl (C=O) groups excluding carboxylic acids is 2. The first-order chi connectivity index (χ1) is 10.1. The van der Waals surface area contributed by atoms with Gasteiger partial charge in [0, 0.05) is 18.1 Å². The third kappa shape index (κ3) is 2.24. The maximum absolute atomic E-state index is 12.5. The van der Waals surface area contributed by atoms with Crippen LogP contribution < -0.4 is 5.32 Å². The molecule has 2 aliphatic heterocycles. The van der Waals surface area contributed by atoms with Crippen LogP contribution in [0.3, 0.4) is 0 Å². The average molecular weight is 324 g/mol. The van der Waals surface area contributed by atoms with Crippen LogP contribution in [0, 0.1) is 0 Å². The topological polar surface area (TPSA) is 75.2 Å². The number of fused-ring (bicyclic) bond motifs is 1. The van der Waals surface area contributed by atoms with Crippen molar-refractivity contribution < 1.29 is 9.59 Å². The second-order valence-corrected chi connectivity index (χ2v) is 8.49. The Hall–Kier alpha value is -1.15. The maximum Gasteiger partial charge on any atom is 0.249 e. The third-order valence-corrected chi connectivity index (χ3v) is 6.85. The summed E-state index contributed by atoms with van der Waals surface area (Å²) in [5.74, 6) is 1.14. The number of amides is 2. The summed E-state index contributed by atoms with van der Waals surface area (Å²) in [6.07, 6.45) is 3.70. The van der Waals surface area contributed by atoms with Gasteiger partial charge in [-0.1, -0.05) is 11.3 Å². The Balaban J connectivity index is 1.48. The number of rotatable bonds is 3. The van der Waals surface area contributed by atoms with Gasteiger partial charge in [0.2, 0.25) is 16.9 Å². The predicted octanol–water partition coefficient (Wildman–Crippen LogP) is 1.81. The summed E-state index contributed by atoms with van der Waals surface area (Å²) in [6.45, 7) is 2.05. The summed E-state index contributed by atoms with van der Waals surface area (Å²) in [7, 11) is 0. The van der Waals surface area contributed by atoms with Gasteiger partial charge in [-0.15, -0.1) is 22.0 Å². The minimum atomic E-state index is -0.386. The van der Waals surface area contributed by atoms with E-state index in [4.69, 9.17) is 0 Å². The van der Waals surface area contributed by atoms with Crippen molar-refractivity contribution in [3.8, 4) is 0 Å². The zero-order valence-corrected chi connectivity index (χ0v) is 13.3. The molecule has 1 aliphatic carbocycles. The second kappa shape index (κ2) is 4.67. The van der Waals surface area contributed by atoms with Gasteiger partial charge in [-0.05, 0) is 26.2 Å². The van der Waals surface area contributed by atoms with Gasteiger partial charge in [-0.2, -0.15) is 0 Å². The first kappa shape index (κ1) is 13.5. The Bertz CT molecular complexity index is 615. The van der Waals surface area contributed by atoms with Crippen LogP contribution >= 0.6 is 23.1 Å². The summed E-state index contributed by atoms with van der Waals surface area (Å²) in [4.78, 5) is 26.0. The lowest BCUT2D eigenvalue weighted by atomic mass is 10.2. The molecular formula is C13H16N4O2S2. The quantitative estimate of drug-likeness (QED) is 0.918. The summed E-state index contributed by atoms with van der Waals surface area (Å²) in [5.41, 5.74) is 0. The van der Waals surface area contributed by atoms with Gasteiger partial charge in [-0.25, -0.2) is 0 Å². The molecule has 2 amide bonds. The summed E-state index contributed by atoms with van der Waals surface area (Å²) in [5, 5.41) is 12.5. The first-order valence-electron chi connectivity index (χ1n) is 7.17. The number of hydrogen-bond acceptors (Lipinski definition) is 6. The van der Waals surface area contributed by atoms with Crippen LogP contribution in [0.1, 0.15) is 43.5 Å². The van der Waals surface area contributed by atoms with Crippen LogP contribution in [0.5, 0.6) is 0 Å². The molecule has 3 aliphatic rings. The van der Waals surface area contributed by atoms with E-state index in [1.54, 1.807) is 16.7 Å². The molecule has 21 heavy (non-hydrogen) atoms. The van der Waals surface area contributed by atoms with Gasteiger partial charge < -0.3 is 4.90 Å². The minimum Gasteiger partial charge on any atom is -0.315 e. The molecule has 112 valence electrons. The monoisotopic (exact) mass is 324 g/mol. The minimum absolute atomic E-state index is 0.0820. The highest BCUT2D eigenvalue weighted by Gasteiger charge is 2.53. The van der Waals surface area contributed by atoms with Crippen LogP contribution in [0.4, 0.5) is 5.13 Å². The molecule has 2 atom stereocenters. The molecule has 0 spiro atoms. The fraction of sp³-hybridized carbons (Fsp3) is 0.692. The lowest BCUT2D eigenvalue weighted by molar-refractivity contribution is -0.135. The zero-order chi connectivity index (χ0) is 14.6. The number of nitrogens with zero attached hydrogens (tertiary/aromatic N) is 3. The zero-order valence-electron chi connectivity index (χ0n) is 11.7. The highest BCUT2D eigenvalue weighted by atomic mass is 32.2. The van der Waals surface area contributed by atoms with E-state index in [1.807, 2.05) is 6.92 Å². The average Bonchev–Trinajstić information content (AvgIpc) is 2.99. The van der Waals surface area contributed by atoms with E-state index in [-0.39, 0.29) is 22.7 Å². The van der Waals surface area contributed by atoms with Crippen LogP contribution in [0.15, 0.2) is 0 Å². The molecule has 1 aromatic heterocycles. The normalized spacial score (nSPS) is 31.6. The van der Waals surface area contributed by atoms with E-state index in [2.05, 4.69) is 15.5 Å². The summed E-state index contributed by atoms with van der Waals surface area (Å²) < 4.78 is 0. The van der Waals surface area contributed by atoms with E-state index in [0.717, 1.165) is 11.4 Å². The van der Waals surface area contributed by atoms with E-state index in [0.29, 0.717) is 23.2 Å². The Labute approximate surface area is 130 Å². The number of carbonyl (C=O) groups is 2. The highest BCUT2D eigenvalue weighted by Crippen LogP contribution is 2.47. The number of anilines is 1. The molecule has 3 fully saturated rings. The van der Waals surface area contributed by atoms with Crippen molar-refractivity contribution >= 4 is 40.0 Å². The molecule has 1 N–H and O–H groups in total. The molecule has 0 unspecified atom stereocenters. The van der Waals surface area contributed by atoms with Crippen molar-refractivity contribution in [1.82, 2.24) is 15.1 Å². The van der Waals surface area contributed by atoms with Crippen LogP contribution in [-0.4, -0.2) is 43.6 Å². The van der Waals surface area contributed by atoms with Crippen LogP contribution in [0.2, 0.25) is 0 Å². The van der Waals surface area contributed by atoms with Crippen molar-refractivity contribution in [1.29, 1.82) is 0 Å². The molecule has 8 heteroatoms. The number of aromatic nitrogens is 2. The molecule has 0 bridgehead atoms. The molecular weight excluding hydrogens is 308 g/mol. The van der Waals surface area contributed by atoms with Gasteiger partial charge in [-0.3, -0.25) is 14.9 Å². The number of nitrogens with one attached hydrogen (secondary N) is 1. The molecule has 0 aromatic carbocycles. The van der Waals surface area contributed by atoms with Gasteiger partial charge in [0.25, 0.3) is 0 Å². The summed E-state index contributed by atoms with van der Waals surface area (Å²) >= 11 is 3.15. The van der Waals surface area contributed by atoms with E-state index in [1.165, 1.54) is 24.2 Å². The molecule has 0 radical (unpaired) electrons. The van der Waals surface area contributed by atoms with Crippen LogP contribution in [0.25, 0.3) is 0 Å². The van der Waals surface area contributed by atoms with Crippen molar-refractivity contribution in [2.75, 3.05) is 11.1 Å². The molecule has 1 saturated carbocycles. The van der Waals surface area contributed by atoms with Gasteiger partial charge in [0.05, 0.1) is 4.87 Å². The lowest BCUT2D eigenvalue weighted by Crippen LogP contribution is -2.48. The van der Waals surface area contributed by atoms with Crippen molar-refractivity contribution in [2.45, 2.75) is 49.4 Å². The van der Waals surface area contributed by atoms with E-state index in [9.17, 15) is 9.59 Å². The SMILES string of the molecule is C[C@@]12CCC(=O)N1[C@H](C(=O)Nc1nnc(C3CC3)s1)CS2. The maximum atomic E-state index is 12.5. The molecule has 3 heterocycles. The third-order valence-electron chi connectivity index (χ3n) is 4.34. The van der Waals surface area contributed by atoms with Crippen LogP contribution in [-0.2, 0) is 9.59 Å². The number of thioether (sulfide) groups is 1. The Morgan fingerprint density at radius 1 is 1.43 bits per heavy atom. The Morgan fingerprint density at radius 2 is 2.24 bits per heavy atom. The Morgan fingerprint density at radius 3 is 3.00 bits per heavy atom. The van der Waals surface area contributed by atoms with Gasteiger partial charge >= 0.3 is 0 Å². The van der Waals surface area contributed by atoms with Crippen molar-refractivity contribution in [3.63, 3.8) is 0 Å². The lowest BCUT2D eigenvalue weighted by Gasteiger charge is -2.29. The number of hydrogen-bond donors (Lipinski definition) is 1. The van der Waals surface area contributed by atoms with E-state index >= 15 is 0 Å².